The molecule has 2 aliphatic rings. The molecular weight excluding hydrogens is 346 g/mol. The predicted molar refractivity (Wildman–Crippen MR) is 90.2 cm³/mol. The van der Waals surface area contributed by atoms with Gasteiger partial charge in [-0.25, -0.2) is 8.42 Å². The van der Waals surface area contributed by atoms with Crippen LogP contribution in [0.2, 0.25) is 0 Å². The van der Waals surface area contributed by atoms with Gasteiger partial charge in [0.15, 0.2) is 0 Å². The minimum Gasteiger partial charge on any atom is -0.465 e. The van der Waals surface area contributed by atoms with Crippen LogP contribution in [0.5, 0.6) is 0 Å². The molecule has 0 aliphatic carbocycles. The number of carbonyl (C=O) groups excluding carboxylic acids is 2. The van der Waals surface area contributed by atoms with E-state index in [0.29, 0.717) is 18.5 Å². The number of fused-ring (bicyclic) bond motifs is 1. The van der Waals surface area contributed by atoms with Gasteiger partial charge in [-0.3, -0.25) is 9.59 Å². The number of esters is 1. The number of anilines is 1. The Bertz CT molecular complexity index is 795. The summed E-state index contributed by atoms with van der Waals surface area (Å²) in [6.07, 6.45) is 0.793. The standard InChI is InChI=1S/C16H21N3O5S/c1-2-24-15(21)11-19-10-9-16(8-7-14(19)20)17-12-5-3-4-6-13(12)25(22,23)18-16/h3-6,17-18H,2,7-11H2,1H3. The van der Waals surface area contributed by atoms with E-state index in [0.717, 1.165) is 0 Å². The van der Waals surface area contributed by atoms with E-state index >= 15 is 0 Å². The maximum absolute atomic E-state index is 12.6. The topological polar surface area (TPSA) is 105 Å². The average Bonchev–Trinajstić information content (AvgIpc) is 2.69. The number of ether oxygens (including phenoxy) is 1. The Hall–Kier alpha value is -2.13. The summed E-state index contributed by atoms with van der Waals surface area (Å²) >= 11 is 0. The quantitative estimate of drug-likeness (QED) is 0.761. The van der Waals surface area contributed by atoms with Gasteiger partial charge in [0.2, 0.25) is 15.9 Å². The lowest BCUT2D eigenvalue weighted by atomic mass is 10.0. The summed E-state index contributed by atoms with van der Waals surface area (Å²) in [6.45, 7) is 2.10. The molecule has 0 bridgehead atoms. The molecule has 0 saturated carbocycles. The second kappa shape index (κ2) is 6.64. The first-order valence-electron chi connectivity index (χ1n) is 8.20. The van der Waals surface area contributed by atoms with Crippen molar-refractivity contribution in [2.75, 3.05) is 25.0 Å². The molecule has 2 aliphatic heterocycles. The monoisotopic (exact) mass is 367 g/mol. The number of rotatable bonds is 3. The van der Waals surface area contributed by atoms with Crippen LogP contribution in [-0.2, 0) is 24.3 Å². The molecule has 0 radical (unpaired) electrons. The Morgan fingerprint density at radius 1 is 1.32 bits per heavy atom. The smallest absolute Gasteiger partial charge is 0.325 e. The summed E-state index contributed by atoms with van der Waals surface area (Å²) in [5.74, 6) is -0.654. The van der Waals surface area contributed by atoms with E-state index in [9.17, 15) is 18.0 Å². The maximum Gasteiger partial charge on any atom is 0.325 e. The fraction of sp³-hybridized carbons (Fsp3) is 0.500. The van der Waals surface area contributed by atoms with Gasteiger partial charge in [-0.05, 0) is 25.5 Å². The molecule has 1 spiro atoms. The van der Waals surface area contributed by atoms with Crippen molar-refractivity contribution in [2.24, 2.45) is 0 Å². The fourth-order valence-corrected chi connectivity index (χ4v) is 4.76. The fourth-order valence-electron chi connectivity index (χ4n) is 3.21. The number of amides is 1. The third-order valence-electron chi connectivity index (χ3n) is 4.43. The molecule has 136 valence electrons. The lowest BCUT2D eigenvalue weighted by molar-refractivity contribution is -0.148. The molecule has 25 heavy (non-hydrogen) atoms. The van der Waals surface area contributed by atoms with E-state index in [1.54, 1.807) is 25.1 Å². The van der Waals surface area contributed by atoms with E-state index < -0.39 is 21.7 Å². The van der Waals surface area contributed by atoms with Crippen molar-refractivity contribution in [2.45, 2.75) is 36.7 Å². The second-order valence-corrected chi connectivity index (χ2v) is 7.83. The molecule has 1 atom stereocenters. The summed E-state index contributed by atoms with van der Waals surface area (Å²) in [4.78, 5) is 25.6. The van der Waals surface area contributed by atoms with Crippen LogP contribution in [0.15, 0.2) is 29.2 Å². The Morgan fingerprint density at radius 3 is 2.84 bits per heavy atom. The van der Waals surface area contributed by atoms with Crippen LogP contribution >= 0.6 is 0 Å². The highest BCUT2D eigenvalue weighted by Crippen LogP contribution is 2.34. The van der Waals surface area contributed by atoms with Crippen molar-refractivity contribution < 1.29 is 22.7 Å². The first kappa shape index (κ1) is 17.7. The van der Waals surface area contributed by atoms with Crippen LogP contribution in [0.3, 0.4) is 0 Å². The summed E-state index contributed by atoms with van der Waals surface area (Å²) in [5.41, 5.74) is -0.417. The summed E-state index contributed by atoms with van der Waals surface area (Å²) < 4.78 is 32.7. The summed E-state index contributed by atoms with van der Waals surface area (Å²) in [6, 6.07) is 6.66. The van der Waals surface area contributed by atoms with Crippen LogP contribution < -0.4 is 10.0 Å². The largest absolute Gasteiger partial charge is 0.465 e. The second-order valence-electron chi connectivity index (χ2n) is 6.18. The lowest BCUT2D eigenvalue weighted by Gasteiger charge is -2.39. The highest BCUT2D eigenvalue weighted by molar-refractivity contribution is 7.89. The number of likely N-dealkylation sites (tertiary alicyclic amines) is 1. The van der Waals surface area contributed by atoms with E-state index in [1.165, 1.54) is 11.0 Å². The molecule has 1 aromatic carbocycles. The third-order valence-corrected chi connectivity index (χ3v) is 6.03. The summed E-state index contributed by atoms with van der Waals surface area (Å²) in [7, 11) is -3.67. The average molecular weight is 367 g/mol. The molecule has 8 nitrogen and oxygen atoms in total. The molecule has 1 fully saturated rings. The first-order valence-corrected chi connectivity index (χ1v) is 9.68. The number of hydrogen-bond acceptors (Lipinski definition) is 6. The van der Waals surface area contributed by atoms with E-state index in [2.05, 4.69) is 10.0 Å². The van der Waals surface area contributed by atoms with Gasteiger partial charge in [-0.1, -0.05) is 12.1 Å². The van der Waals surface area contributed by atoms with Crippen LogP contribution in [0.25, 0.3) is 0 Å². The van der Waals surface area contributed by atoms with Crippen LogP contribution in [0.1, 0.15) is 26.2 Å². The van der Waals surface area contributed by atoms with Gasteiger partial charge in [-0.2, -0.15) is 4.72 Å². The minimum absolute atomic E-state index is 0.119. The Balaban J connectivity index is 1.81. The number of carbonyl (C=O) groups is 2. The third kappa shape index (κ3) is 3.62. The molecule has 1 unspecified atom stereocenters. The number of benzene rings is 1. The van der Waals surface area contributed by atoms with Gasteiger partial charge >= 0.3 is 5.97 Å². The number of para-hydroxylation sites is 1. The van der Waals surface area contributed by atoms with Crippen molar-refractivity contribution >= 4 is 27.6 Å². The van der Waals surface area contributed by atoms with E-state index in [1.807, 2.05) is 0 Å². The molecule has 1 amide bonds. The molecule has 3 rings (SSSR count). The van der Waals surface area contributed by atoms with E-state index in [-0.39, 0.29) is 36.9 Å². The molecule has 1 saturated heterocycles. The number of nitrogens with zero attached hydrogens (tertiary/aromatic N) is 1. The van der Waals surface area contributed by atoms with Crippen LogP contribution in [0, 0.1) is 0 Å². The Kier molecular flexibility index (Phi) is 4.70. The zero-order valence-corrected chi connectivity index (χ0v) is 14.8. The van der Waals surface area contributed by atoms with Crippen molar-refractivity contribution in [3.63, 3.8) is 0 Å². The number of hydrogen-bond donors (Lipinski definition) is 2. The minimum atomic E-state index is -3.67. The van der Waals surface area contributed by atoms with Gasteiger partial charge in [0, 0.05) is 19.4 Å². The molecule has 1 aromatic rings. The number of nitrogens with one attached hydrogen (secondary N) is 2. The van der Waals surface area contributed by atoms with Gasteiger partial charge in [0.1, 0.15) is 17.1 Å². The lowest BCUT2D eigenvalue weighted by Crippen LogP contribution is -2.57. The molecule has 2 N–H and O–H groups in total. The zero-order chi connectivity index (χ0) is 18.1. The Morgan fingerprint density at radius 2 is 2.08 bits per heavy atom. The highest BCUT2D eigenvalue weighted by Gasteiger charge is 2.43. The van der Waals surface area contributed by atoms with Gasteiger partial charge < -0.3 is 15.0 Å². The van der Waals surface area contributed by atoms with Crippen LogP contribution in [0.4, 0.5) is 5.69 Å². The van der Waals surface area contributed by atoms with E-state index in [4.69, 9.17) is 4.74 Å². The molecule has 0 aromatic heterocycles. The highest BCUT2D eigenvalue weighted by atomic mass is 32.2. The van der Waals surface area contributed by atoms with Gasteiger partial charge in [0.25, 0.3) is 0 Å². The van der Waals surface area contributed by atoms with Crippen molar-refractivity contribution in [3.05, 3.63) is 24.3 Å². The molecule has 2 heterocycles. The van der Waals surface area contributed by atoms with Gasteiger partial charge in [-0.15, -0.1) is 0 Å². The first-order chi connectivity index (χ1) is 11.9. The Labute approximate surface area is 146 Å². The SMILES string of the molecule is CCOC(=O)CN1CCC2(CCC1=O)Nc1ccccc1S(=O)(=O)N2. The summed E-state index contributed by atoms with van der Waals surface area (Å²) in [5, 5.41) is 3.24. The van der Waals surface area contributed by atoms with Crippen LogP contribution in [-0.4, -0.2) is 50.6 Å². The maximum atomic E-state index is 12.6. The van der Waals surface area contributed by atoms with Crippen molar-refractivity contribution in [3.8, 4) is 0 Å². The van der Waals surface area contributed by atoms with Crippen molar-refractivity contribution in [1.29, 1.82) is 0 Å². The number of sulfonamides is 1. The molecular formula is C16H21N3O5S. The van der Waals surface area contributed by atoms with Gasteiger partial charge in [0.05, 0.1) is 12.3 Å². The zero-order valence-electron chi connectivity index (χ0n) is 13.9. The van der Waals surface area contributed by atoms with Crippen molar-refractivity contribution in [1.82, 2.24) is 9.62 Å². The molecule has 9 heteroatoms. The normalized spacial score (nSPS) is 25.0. The predicted octanol–water partition coefficient (Wildman–Crippen LogP) is 0.662.